The van der Waals surface area contributed by atoms with Crippen LogP contribution >= 0.6 is 11.6 Å². The fourth-order valence-corrected chi connectivity index (χ4v) is 2.04. The summed E-state index contributed by atoms with van der Waals surface area (Å²) in [6, 6.07) is 7.48. The van der Waals surface area contributed by atoms with E-state index in [9.17, 15) is 4.79 Å². The fraction of sp³-hybridized carbons (Fsp3) is 0.417. The van der Waals surface area contributed by atoms with E-state index in [1.807, 2.05) is 11.9 Å². The third-order valence-corrected chi connectivity index (χ3v) is 3.23. The summed E-state index contributed by atoms with van der Waals surface area (Å²) in [5.41, 5.74) is 0.771. The molecule has 17 heavy (non-hydrogen) atoms. The van der Waals surface area contributed by atoms with Gasteiger partial charge in [0.2, 0.25) is 0 Å². The minimum absolute atomic E-state index is 0.0509. The largest absolute Gasteiger partial charge is 0.323 e. The Labute approximate surface area is 106 Å². The summed E-state index contributed by atoms with van der Waals surface area (Å²) in [5.74, 6) is 0. The highest BCUT2D eigenvalue weighted by atomic mass is 35.5. The number of halogens is 1. The molecule has 1 aliphatic rings. The quantitative estimate of drug-likeness (QED) is 0.849. The number of rotatable bonds is 2. The maximum atomic E-state index is 11.9. The van der Waals surface area contributed by atoms with E-state index in [2.05, 4.69) is 10.6 Å². The number of hydrogen-bond donors (Lipinski definition) is 2. The van der Waals surface area contributed by atoms with Gasteiger partial charge in [0.15, 0.2) is 0 Å². The molecule has 0 spiro atoms. The molecule has 0 aromatic heterocycles. The van der Waals surface area contributed by atoms with Crippen molar-refractivity contribution in [2.45, 2.75) is 12.5 Å². The van der Waals surface area contributed by atoms with Crippen LogP contribution < -0.4 is 10.6 Å². The first-order valence-corrected chi connectivity index (χ1v) is 6.05. The van der Waals surface area contributed by atoms with Gasteiger partial charge in [-0.15, -0.1) is 0 Å². The number of nitrogens with one attached hydrogen (secondary N) is 2. The van der Waals surface area contributed by atoms with Crippen LogP contribution in [0.2, 0.25) is 5.02 Å². The summed E-state index contributed by atoms with van der Waals surface area (Å²) in [5, 5.41) is 6.70. The van der Waals surface area contributed by atoms with Gasteiger partial charge in [-0.2, -0.15) is 0 Å². The Hall–Kier alpha value is -1.26. The van der Waals surface area contributed by atoms with Crippen LogP contribution in [0, 0.1) is 0 Å². The third kappa shape index (κ3) is 3.11. The third-order valence-electron chi connectivity index (χ3n) is 2.98. The number of hydrogen-bond acceptors (Lipinski definition) is 2. The first kappa shape index (κ1) is 12.2. The lowest BCUT2D eigenvalue weighted by molar-refractivity contribution is 0.221. The molecule has 0 radical (unpaired) electrons. The van der Waals surface area contributed by atoms with Crippen LogP contribution in [-0.4, -0.2) is 37.1 Å². The van der Waals surface area contributed by atoms with Gasteiger partial charge in [-0.1, -0.05) is 11.6 Å². The smallest absolute Gasteiger partial charge is 0.321 e. The molecule has 5 heteroatoms. The van der Waals surface area contributed by atoms with Crippen molar-refractivity contribution in [2.24, 2.45) is 0 Å². The molecule has 1 aliphatic heterocycles. The molecule has 92 valence electrons. The molecule has 1 aromatic rings. The minimum Gasteiger partial charge on any atom is -0.323 e. The van der Waals surface area contributed by atoms with Crippen molar-refractivity contribution < 1.29 is 4.79 Å². The molecular formula is C12H16ClN3O. The first-order chi connectivity index (χ1) is 8.19. The number of amides is 2. The number of urea groups is 1. The number of likely N-dealkylation sites (N-methyl/N-ethyl adjacent to an activating group) is 1. The zero-order valence-electron chi connectivity index (χ0n) is 9.74. The van der Waals surface area contributed by atoms with Gasteiger partial charge in [0, 0.05) is 29.8 Å². The number of likely N-dealkylation sites (tertiary alicyclic amines) is 1. The molecule has 0 saturated carbocycles. The Bertz CT molecular complexity index is 393. The molecule has 2 N–H and O–H groups in total. The summed E-state index contributed by atoms with van der Waals surface area (Å²) in [6.07, 6.45) is 1.00. The maximum absolute atomic E-state index is 11.9. The van der Waals surface area contributed by atoms with Crippen molar-refractivity contribution in [3.05, 3.63) is 29.3 Å². The van der Waals surface area contributed by atoms with Gasteiger partial charge in [-0.25, -0.2) is 4.79 Å². The molecule has 2 amide bonds. The van der Waals surface area contributed by atoms with Crippen molar-refractivity contribution in [1.29, 1.82) is 0 Å². The van der Waals surface area contributed by atoms with Gasteiger partial charge in [0.25, 0.3) is 0 Å². The maximum Gasteiger partial charge on any atom is 0.321 e. The molecule has 1 atom stereocenters. The van der Waals surface area contributed by atoms with E-state index in [1.54, 1.807) is 24.3 Å². The molecule has 0 aliphatic carbocycles. The normalized spacial score (nSPS) is 19.4. The van der Waals surface area contributed by atoms with E-state index < -0.39 is 0 Å². The monoisotopic (exact) mass is 253 g/mol. The van der Waals surface area contributed by atoms with Crippen molar-refractivity contribution >= 4 is 23.3 Å². The standard InChI is InChI=1S/C12H16ClN3O/c1-14-11-6-7-16(8-11)12(17)15-10-4-2-9(13)3-5-10/h2-5,11,14H,6-8H2,1H3,(H,15,17). The van der Waals surface area contributed by atoms with Crippen LogP contribution in [0.3, 0.4) is 0 Å². The highest BCUT2D eigenvalue weighted by Crippen LogP contribution is 2.15. The Balaban J connectivity index is 1.91. The van der Waals surface area contributed by atoms with Crippen LogP contribution in [0.4, 0.5) is 10.5 Å². The van der Waals surface area contributed by atoms with Crippen molar-refractivity contribution in [1.82, 2.24) is 10.2 Å². The van der Waals surface area contributed by atoms with Gasteiger partial charge in [0.05, 0.1) is 0 Å². The van der Waals surface area contributed by atoms with Crippen LogP contribution in [0.15, 0.2) is 24.3 Å². The van der Waals surface area contributed by atoms with Gasteiger partial charge in [0.1, 0.15) is 0 Å². The van der Waals surface area contributed by atoms with Crippen molar-refractivity contribution in [2.75, 3.05) is 25.5 Å². The summed E-state index contributed by atoms with van der Waals surface area (Å²) < 4.78 is 0. The molecule has 1 aromatic carbocycles. The molecule has 1 fully saturated rings. The summed E-state index contributed by atoms with van der Waals surface area (Å²) >= 11 is 5.78. The van der Waals surface area contributed by atoms with Gasteiger partial charge in [-0.05, 0) is 37.7 Å². The van der Waals surface area contributed by atoms with Crippen LogP contribution in [0.25, 0.3) is 0 Å². The van der Waals surface area contributed by atoms with Crippen LogP contribution in [0.1, 0.15) is 6.42 Å². The Morgan fingerprint density at radius 3 is 2.71 bits per heavy atom. The zero-order chi connectivity index (χ0) is 12.3. The lowest BCUT2D eigenvalue weighted by atomic mass is 10.3. The number of carbonyl (C=O) groups is 1. The highest BCUT2D eigenvalue weighted by molar-refractivity contribution is 6.30. The number of carbonyl (C=O) groups excluding carboxylic acids is 1. The van der Waals surface area contributed by atoms with Crippen molar-refractivity contribution in [3.8, 4) is 0 Å². The SMILES string of the molecule is CNC1CCN(C(=O)Nc2ccc(Cl)cc2)C1. The first-order valence-electron chi connectivity index (χ1n) is 5.68. The minimum atomic E-state index is -0.0509. The van der Waals surface area contributed by atoms with E-state index in [4.69, 9.17) is 11.6 Å². The number of nitrogens with zero attached hydrogens (tertiary/aromatic N) is 1. The Morgan fingerprint density at radius 1 is 1.41 bits per heavy atom. The second-order valence-corrected chi connectivity index (χ2v) is 4.59. The van der Waals surface area contributed by atoms with Gasteiger partial charge in [-0.3, -0.25) is 0 Å². The predicted octanol–water partition coefficient (Wildman–Crippen LogP) is 2.17. The van der Waals surface area contributed by atoms with Crippen LogP contribution in [-0.2, 0) is 0 Å². The van der Waals surface area contributed by atoms with E-state index in [-0.39, 0.29) is 6.03 Å². The fourth-order valence-electron chi connectivity index (χ4n) is 1.92. The molecular weight excluding hydrogens is 238 g/mol. The lowest BCUT2D eigenvalue weighted by Gasteiger charge is -2.17. The number of benzene rings is 1. The molecule has 1 saturated heterocycles. The molecule has 0 bridgehead atoms. The van der Waals surface area contributed by atoms with E-state index in [1.165, 1.54) is 0 Å². The average molecular weight is 254 g/mol. The average Bonchev–Trinajstić information content (AvgIpc) is 2.81. The van der Waals surface area contributed by atoms with E-state index >= 15 is 0 Å². The molecule has 1 unspecified atom stereocenters. The van der Waals surface area contributed by atoms with E-state index in [0.717, 1.165) is 25.2 Å². The summed E-state index contributed by atoms with van der Waals surface area (Å²) in [7, 11) is 1.92. The predicted molar refractivity (Wildman–Crippen MR) is 69.5 cm³/mol. The van der Waals surface area contributed by atoms with Gasteiger partial charge < -0.3 is 15.5 Å². The highest BCUT2D eigenvalue weighted by Gasteiger charge is 2.24. The van der Waals surface area contributed by atoms with Gasteiger partial charge >= 0.3 is 6.03 Å². The van der Waals surface area contributed by atoms with Crippen molar-refractivity contribution in [3.63, 3.8) is 0 Å². The molecule has 2 rings (SSSR count). The molecule has 1 heterocycles. The summed E-state index contributed by atoms with van der Waals surface area (Å²) in [4.78, 5) is 13.7. The van der Waals surface area contributed by atoms with Crippen LogP contribution in [0.5, 0.6) is 0 Å². The Kier molecular flexibility index (Phi) is 3.86. The summed E-state index contributed by atoms with van der Waals surface area (Å²) in [6.45, 7) is 1.56. The lowest BCUT2D eigenvalue weighted by Crippen LogP contribution is -2.36. The zero-order valence-corrected chi connectivity index (χ0v) is 10.5. The second-order valence-electron chi connectivity index (χ2n) is 4.16. The Morgan fingerprint density at radius 2 is 2.12 bits per heavy atom. The number of anilines is 1. The second kappa shape index (κ2) is 5.38. The van der Waals surface area contributed by atoms with E-state index in [0.29, 0.717) is 11.1 Å². The molecule has 4 nitrogen and oxygen atoms in total. The topological polar surface area (TPSA) is 44.4 Å².